The molecule has 3 rings (SSSR count). The molecule has 1 aromatic carbocycles. The smallest absolute Gasteiger partial charge is 0.255 e. The fourth-order valence-corrected chi connectivity index (χ4v) is 4.19. The Hall–Kier alpha value is -1.00. The first kappa shape index (κ1) is 15.9. The van der Waals surface area contributed by atoms with Gasteiger partial charge in [0.1, 0.15) is 0 Å². The Bertz CT molecular complexity index is 536. The number of carbonyl (C=O) groups is 1. The van der Waals surface area contributed by atoms with Gasteiger partial charge >= 0.3 is 0 Å². The molecule has 120 valence electrons. The van der Waals surface area contributed by atoms with Crippen LogP contribution < -0.4 is 5.32 Å². The fourth-order valence-electron chi connectivity index (χ4n) is 3.60. The number of benzene rings is 1. The molecule has 0 bridgehead atoms. The number of hydrogen-bond donors (Lipinski definition) is 1. The van der Waals surface area contributed by atoms with Crippen molar-refractivity contribution >= 4 is 17.7 Å². The molecule has 0 spiro atoms. The van der Waals surface area contributed by atoms with Gasteiger partial charge in [0.15, 0.2) is 0 Å². The first-order valence-electron chi connectivity index (χ1n) is 8.28. The summed E-state index contributed by atoms with van der Waals surface area (Å²) in [6, 6.07) is 8.36. The molecule has 2 aliphatic rings. The topological polar surface area (TPSA) is 32.3 Å². The van der Waals surface area contributed by atoms with E-state index in [0.29, 0.717) is 11.5 Å². The molecule has 1 heterocycles. The minimum atomic E-state index is 0.215. The monoisotopic (exact) mass is 318 g/mol. The average Bonchev–Trinajstić information content (AvgIpc) is 3.04. The maximum atomic E-state index is 13.2. The fraction of sp³-hybridized carbons (Fsp3) is 0.611. The van der Waals surface area contributed by atoms with Crippen molar-refractivity contribution in [3.05, 3.63) is 29.8 Å². The van der Waals surface area contributed by atoms with Gasteiger partial charge in [-0.05, 0) is 49.6 Å². The van der Waals surface area contributed by atoms with Gasteiger partial charge < -0.3 is 10.2 Å². The highest BCUT2D eigenvalue weighted by atomic mass is 32.2. The third-order valence-electron chi connectivity index (χ3n) is 5.19. The quantitative estimate of drug-likeness (QED) is 0.845. The third-order valence-corrected chi connectivity index (χ3v) is 5.98. The molecule has 1 N–H and O–H groups in total. The summed E-state index contributed by atoms with van der Waals surface area (Å²) in [6.07, 6.45) is 6.93. The molecule has 3 nitrogen and oxygen atoms in total. The second-order valence-corrected chi connectivity index (χ2v) is 7.79. The maximum Gasteiger partial charge on any atom is 0.255 e. The van der Waals surface area contributed by atoms with Gasteiger partial charge in [-0.15, -0.1) is 11.8 Å². The Kier molecular flexibility index (Phi) is 4.79. The molecule has 1 saturated heterocycles. The molecule has 1 atom stereocenters. The first-order valence-corrected chi connectivity index (χ1v) is 9.50. The molecular formula is C18H26N2OS. The van der Waals surface area contributed by atoms with Crippen LogP contribution in [0.1, 0.15) is 43.0 Å². The number of thioether (sulfide) groups is 1. The standard InChI is InChI=1S/C18H26N2OS/c1-18(9-5-10-18)13-20(14-8-11-19-12-14)17(21)15-6-3-4-7-16(15)22-2/h3-4,6-7,14,19H,5,8-13H2,1-2H3/t14-/m0/s1. The Labute approximate surface area is 137 Å². The molecule has 1 aliphatic carbocycles. The molecule has 1 saturated carbocycles. The van der Waals surface area contributed by atoms with Crippen molar-refractivity contribution < 1.29 is 4.79 Å². The van der Waals surface area contributed by atoms with E-state index in [1.165, 1.54) is 19.3 Å². The van der Waals surface area contributed by atoms with Crippen molar-refractivity contribution in [1.82, 2.24) is 10.2 Å². The van der Waals surface area contributed by atoms with Gasteiger partial charge in [0.2, 0.25) is 0 Å². The molecule has 0 radical (unpaired) electrons. The largest absolute Gasteiger partial charge is 0.334 e. The minimum Gasteiger partial charge on any atom is -0.334 e. The summed E-state index contributed by atoms with van der Waals surface area (Å²) in [5.41, 5.74) is 1.19. The van der Waals surface area contributed by atoms with Gasteiger partial charge in [0.25, 0.3) is 5.91 Å². The Morgan fingerprint density at radius 1 is 1.41 bits per heavy atom. The van der Waals surface area contributed by atoms with Crippen molar-refractivity contribution in [3.8, 4) is 0 Å². The highest BCUT2D eigenvalue weighted by Gasteiger charge is 2.38. The number of nitrogens with zero attached hydrogens (tertiary/aromatic N) is 1. The van der Waals surface area contributed by atoms with E-state index < -0.39 is 0 Å². The maximum absolute atomic E-state index is 13.2. The van der Waals surface area contributed by atoms with Gasteiger partial charge in [-0.1, -0.05) is 25.5 Å². The molecule has 0 unspecified atom stereocenters. The van der Waals surface area contributed by atoms with E-state index >= 15 is 0 Å². The second-order valence-electron chi connectivity index (χ2n) is 6.94. The van der Waals surface area contributed by atoms with E-state index in [9.17, 15) is 4.79 Å². The Morgan fingerprint density at radius 2 is 2.18 bits per heavy atom. The molecule has 2 fully saturated rings. The molecular weight excluding hydrogens is 292 g/mol. The SMILES string of the molecule is CSc1ccccc1C(=O)N(CC1(C)CCC1)[C@H]1CCNC1. The number of amides is 1. The average molecular weight is 318 g/mol. The van der Waals surface area contributed by atoms with Gasteiger partial charge in [-0.25, -0.2) is 0 Å². The molecule has 1 aliphatic heterocycles. The third kappa shape index (κ3) is 3.18. The van der Waals surface area contributed by atoms with E-state index in [1.807, 2.05) is 30.5 Å². The van der Waals surface area contributed by atoms with Crippen LogP contribution in [0.3, 0.4) is 0 Å². The first-order chi connectivity index (χ1) is 10.6. The predicted octanol–water partition coefficient (Wildman–Crippen LogP) is 3.40. The van der Waals surface area contributed by atoms with Crippen LogP contribution in [-0.4, -0.2) is 42.7 Å². The minimum absolute atomic E-state index is 0.215. The van der Waals surface area contributed by atoms with Crippen LogP contribution >= 0.6 is 11.8 Å². The molecule has 0 aromatic heterocycles. The summed E-state index contributed by atoms with van der Waals surface area (Å²) >= 11 is 1.66. The summed E-state index contributed by atoms with van der Waals surface area (Å²) < 4.78 is 0. The Balaban J connectivity index is 1.85. The lowest BCUT2D eigenvalue weighted by atomic mass is 9.70. The lowest BCUT2D eigenvalue weighted by Crippen LogP contribution is -2.49. The van der Waals surface area contributed by atoms with E-state index in [-0.39, 0.29) is 5.91 Å². The number of nitrogens with one attached hydrogen (secondary N) is 1. The van der Waals surface area contributed by atoms with E-state index in [1.54, 1.807) is 11.8 Å². The van der Waals surface area contributed by atoms with Crippen LogP contribution in [0.2, 0.25) is 0 Å². The normalized spacial score (nSPS) is 23.1. The van der Waals surface area contributed by atoms with Gasteiger partial charge in [0, 0.05) is 24.0 Å². The second kappa shape index (κ2) is 6.63. The van der Waals surface area contributed by atoms with Crippen LogP contribution in [0, 0.1) is 5.41 Å². The van der Waals surface area contributed by atoms with Gasteiger partial charge in [0.05, 0.1) is 5.56 Å². The van der Waals surface area contributed by atoms with Crippen LogP contribution in [0.25, 0.3) is 0 Å². The molecule has 22 heavy (non-hydrogen) atoms. The lowest BCUT2D eigenvalue weighted by molar-refractivity contribution is 0.0422. The van der Waals surface area contributed by atoms with Crippen LogP contribution in [0.15, 0.2) is 29.2 Å². The zero-order valence-electron chi connectivity index (χ0n) is 13.6. The summed E-state index contributed by atoms with van der Waals surface area (Å²) in [5.74, 6) is 0.215. The summed E-state index contributed by atoms with van der Waals surface area (Å²) in [6.45, 7) is 5.19. The number of hydrogen-bond acceptors (Lipinski definition) is 3. The van der Waals surface area contributed by atoms with Crippen molar-refractivity contribution in [2.24, 2.45) is 5.41 Å². The lowest BCUT2D eigenvalue weighted by Gasteiger charge is -2.44. The van der Waals surface area contributed by atoms with Gasteiger partial charge in [-0.3, -0.25) is 4.79 Å². The number of carbonyl (C=O) groups excluding carboxylic acids is 1. The van der Waals surface area contributed by atoms with Crippen molar-refractivity contribution in [2.75, 3.05) is 25.9 Å². The molecule has 1 amide bonds. The van der Waals surface area contributed by atoms with Crippen molar-refractivity contribution in [3.63, 3.8) is 0 Å². The van der Waals surface area contributed by atoms with Crippen LogP contribution in [-0.2, 0) is 0 Å². The van der Waals surface area contributed by atoms with Crippen LogP contribution in [0.5, 0.6) is 0 Å². The van der Waals surface area contributed by atoms with Crippen molar-refractivity contribution in [2.45, 2.75) is 43.5 Å². The number of rotatable bonds is 5. The summed E-state index contributed by atoms with van der Waals surface area (Å²) in [4.78, 5) is 16.5. The molecule has 4 heteroatoms. The van der Waals surface area contributed by atoms with E-state index in [0.717, 1.165) is 36.5 Å². The van der Waals surface area contributed by atoms with Crippen LogP contribution in [0.4, 0.5) is 0 Å². The predicted molar refractivity (Wildman–Crippen MR) is 92.5 cm³/mol. The highest BCUT2D eigenvalue weighted by Crippen LogP contribution is 2.41. The highest BCUT2D eigenvalue weighted by molar-refractivity contribution is 7.98. The summed E-state index contributed by atoms with van der Waals surface area (Å²) in [5, 5.41) is 3.41. The zero-order valence-corrected chi connectivity index (χ0v) is 14.4. The summed E-state index contributed by atoms with van der Waals surface area (Å²) in [7, 11) is 0. The Morgan fingerprint density at radius 3 is 2.77 bits per heavy atom. The van der Waals surface area contributed by atoms with Crippen molar-refractivity contribution in [1.29, 1.82) is 0 Å². The van der Waals surface area contributed by atoms with E-state index in [2.05, 4.69) is 17.1 Å². The zero-order chi connectivity index (χ0) is 15.6. The van der Waals surface area contributed by atoms with Gasteiger partial charge in [-0.2, -0.15) is 0 Å². The molecule has 1 aromatic rings. The van der Waals surface area contributed by atoms with E-state index in [4.69, 9.17) is 0 Å².